The van der Waals surface area contributed by atoms with Crippen LogP contribution in [0.1, 0.15) is 44.6 Å². The van der Waals surface area contributed by atoms with Gasteiger partial charge in [0.25, 0.3) is 5.69 Å². The molecule has 1 aliphatic carbocycles. The summed E-state index contributed by atoms with van der Waals surface area (Å²) >= 11 is 0. The van der Waals surface area contributed by atoms with Crippen molar-refractivity contribution in [2.45, 2.75) is 51.0 Å². The molecule has 0 atom stereocenters. The van der Waals surface area contributed by atoms with Crippen molar-refractivity contribution in [3.8, 4) is 0 Å². The highest BCUT2D eigenvalue weighted by molar-refractivity contribution is 5.88. The van der Waals surface area contributed by atoms with E-state index in [1.807, 2.05) is 0 Å². The first-order chi connectivity index (χ1) is 11.4. The Morgan fingerprint density at radius 2 is 2.04 bits per heavy atom. The van der Waals surface area contributed by atoms with Gasteiger partial charge >= 0.3 is 5.97 Å². The van der Waals surface area contributed by atoms with Crippen molar-refractivity contribution in [2.75, 3.05) is 0 Å². The first-order valence-corrected chi connectivity index (χ1v) is 8.14. The molecule has 0 bridgehead atoms. The predicted octanol–water partition coefficient (Wildman–Crippen LogP) is 2.68. The first kappa shape index (κ1) is 17.9. The fraction of sp³-hybridized carbons (Fsp3) is 0.529. The average molecular weight is 334 g/mol. The fourth-order valence-corrected chi connectivity index (χ4v) is 3.25. The van der Waals surface area contributed by atoms with Crippen LogP contribution in [0.4, 0.5) is 5.69 Å². The van der Waals surface area contributed by atoms with Crippen molar-refractivity contribution in [1.82, 2.24) is 5.32 Å². The van der Waals surface area contributed by atoms with E-state index in [-0.39, 0.29) is 12.1 Å². The third kappa shape index (κ3) is 4.10. The molecule has 0 radical (unpaired) electrons. The van der Waals surface area contributed by atoms with Crippen LogP contribution in [0.2, 0.25) is 0 Å². The summed E-state index contributed by atoms with van der Waals surface area (Å²) in [6, 6.07) is 5.82. The predicted molar refractivity (Wildman–Crippen MR) is 87.6 cm³/mol. The van der Waals surface area contributed by atoms with E-state index in [1.54, 1.807) is 6.07 Å². The van der Waals surface area contributed by atoms with Crippen LogP contribution in [0, 0.1) is 16.0 Å². The number of nitrogens with zero attached hydrogens (tertiary/aromatic N) is 1. The van der Waals surface area contributed by atoms with E-state index in [4.69, 9.17) is 0 Å². The highest BCUT2D eigenvalue weighted by Gasteiger charge is 2.42. The minimum atomic E-state index is -1.22. The van der Waals surface area contributed by atoms with Crippen LogP contribution >= 0.6 is 0 Å². The van der Waals surface area contributed by atoms with Crippen LogP contribution in [0.5, 0.6) is 0 Å². The molecule has 1 saturated carbocycles. The van der Waals surface area contributed by atoms with E-state index in [0.29, 0.717) is 24.3 Å². The Morgan fingerprint density at radius 1 is 1.38 bits per heavy atom. The van der Waals surface area contributed by atoms with E-state index in [2.05, 4.69) is 12.2 Å². The highest BCUT2D eigenvalue weighted by Crippen LogP contribution is 2.34. The second kappa shape index (κ2) is 7.42. The summed E-state index contributed by atoms with van der Waals surface area (Å²) < 4.78 is 0. The van der Waals surface area contributed by atoms with E-state index in [1.165, 1.54) is 18.2 Å². The third-order valence-electron chi connectivity index (χ3n) is 4.81. The molecule has 1 aliphatic rings. The van der Waals surface area contributed by atoms with Crippen molar-refractivity contribution in [1.29, 1.82) is 0 Å². The number of carbonyl (C=O) groups is 2. The third-order valence-corrected chi connectivity index (χ3v) is 4.81. The zero-order valence-electron chi connectivity index (χ0n) is 13.7. The summed E-state index contributed by atoms with van der Waals surface area (Å²) in [5.41, 5.74) is -0.815. The minimum absolute atomic E-state index is 0.0755. The zero-order valence-corrected chi connectivity index (χ0v) is 13.7. The maximum absolute atomic E-state index is 12.3. The molecule has 1 aromatic carbocycles. The maximum Gasteiger partial charge on any atom is 0.329 e. The molecule has 0 aliphatic heterocycles. The van der Waals surface area contributed by atoms with Crippen LogP contribution in [-0.2, 0) is 16.0 Å². The van der Waals surface area contributed by atoms with E-state index >= 15 is 0 Å². The van der Waals surface area contributed by atoms with Crippen molar-refractivity contribution in [3.05, 3.63) is 39.9 Å². The summed E-state index contributed by atoms with van der Waals surface area (Å²) in [4.78, 5) is 34.2. The van der Waals surface area contributed by atoms with Crippen LogP contribution in [0.3, 0.4) is 0 Å². The Balaban J connectivity index is 2.05. The van der Waals surface area contributed by atoms with Crippen LogP contribution < -0.4 is 5.32 Å². The largest absolute Gasteiger partial charge is 0.480 e. The highest BCUT2D eigenvalue weighted by atomic mass is 16.6. The summed E-state index contributed by atoms with van der Waals surface area (Å²) in [5.74, 6) is -0.927. The summed E-state index contributed by atoms with van der Waals surface area (Å²) in [6.07, 6.45) is 3.33. The van der Waals surface area contributed by atoms with E-state index in [0.717, 1.165) is 19.3 Å². The number of rotatable bonds is 6. The number of nitro groups is 1. The molecule has 1 amide bonds. The topological polar surface area (TPSA) is 110 Å². The number of benzene rings is 1. The van der Waals surface area contributed by atoms with Crippen LogP contribution in [-0.4, -0.2) is 27.4 Å². The fourth-order valence-electron chi connectivity index (χ4n) is 3.25. The van der Waals surface area contributed by atoms with Gasteiger partial charge in [-0.15, -0.1) is 0 Å². The van der Waals surface area contributed by atoms with Crippen molar-refractivity contribution in [2.24, 2.45) is 5.92 Å². The molecule has 0 unspecified atom stereocenters. The number of hydrogen-bond donors (Lipinski definition) is 2. The number of amides is 1. The maximum atomic E-state index is 12.3. The van der Waals surface area contributed by atoms with Crippen LogP contribution in [0.15, 0.2) is 24.3 Å². The molecule has 7 nitrogen and oxygen atoms in total. The van der Waals surface area contributed by atoms with Crippen molar-refractivity contribution in [3.63, 3.8) is 0 Å². The van der Waals surface area contributed by atoms with E-state index in [9.17, 15) is 24.8 Å². The Hall–Kier alpha value is -2.44. The normalized spacial score (nSPS) is 23.5. The molecule has 0 spiro atoms. The number of nitrogens with one attached hydrogen (secondary N) is 1. The molecule has 0 aromatic heterocycles. The molecule has 2 N–H and O–H groups in total. The van der Waals surface area contributed by atoms with Gasteiger partial charge in [-0.05, 0) is 37.2 Å². The number of carboxylic acid groups (broad SMARTS) is 1. The van der Waals surface area contributed by atoms with Gasteiger partial charge in [-0.1, -0.05) is 25.5 Å². The van der Waals surface area contributed by atoms with Gasteiger partial charge in [-0.3, -0.25) is 14.9 Å². The van der Waals surface area contributed by atoms with Gasteiger partial charge in [0.2, 0.25) is 5.91 Å². The van der Waals surface area contributed by atoms with Crippen molar-refractivity contribution < 1.29 is 19.6 Å². The first-order valence-electron chi connectivity index (χ1n) is 8.14. The molecular weight excluding hydrogens is 312 g/mol. The number of carboxylic acids is 1. The number of non-ortho nitro benzene ring substituents is 1. The van der Waals surface area contributed by atoms with Gasteiger partial charge in [0, 0.05) is 12.1 Å². The van der Waals surface area contributed by atoms with Gasteiger partial charge in [-0.25, -0.2) is 4.79 Å². The molecule has 24 heavy (non-hydrogen) atoms. The molecule has 7 heteroatoms. The molecule has 0 saturated heterocycles. The number of carbonyl (C=O) groups excluding carboxylic acids is 1. The number of aliphatic carboxylic acids is 1. The molecule has 1 aromatic rings. The van der Waals surface area contributed by atoms with Crippen LogP contribution in [0.25, 0.3) is 0 Å². The Labute approximate surface area is 140 Å². The lowest BCUT2D eigenvalue weighted by Crippen LogP contribution is -2.56. The van der Waals surface area contributed by atoms with Gasteiger partial charge < -0.3 is 10.4 Å². The second-order valence-electron chi connectivity index (χ2n) is 6.39. The summed E-state index contributed by atoms with van der Waals surface area (Å²) in [7, 11) is 0. The molecule has 130 valence electrons. The molecule has 2 rings (SSSR count). The minimum Gasteiger partial charge on any atom is -0.480 e. The standard InChI is InChI=1S/C17H22N2O5/c1-2-12-6-8-17(9-7-12,16(21)22)18-15(20)11-13-4-3-5-14(10-13)19(23)24/h3-5,10,12H,2,6-9,11H2,1H3,(H,18,20)(H,21,22). The van der Waals surface area contributed by atoms with E-state index < -0.39 is 22.3 Å². The number of nitro benzene ring substituents is 1. The lowest BCUT2D eigenvalue weighted by atomic mass is 9.75. The van der Waals surface area contributed by atoms with Gasteiger partial charge in [0.05, 0.1) is 11.3 Å². The molecule has 1 fully saturated rings. The average Bonchev–Trinajstić information content (AvgIpc) is 2.55. The Morgan fingerprint density at radius 3 is 2.58 bits per heavy atom. The Kier molecular flexibility index (Phi) is 5.54. The smallest absolute Gasteiger partial charge is 0.329 e. The lowest BCUT2D eigenvalue weighted by molar-refractivity contribution is -0.384. The number of hydrogen-bond acceptors (Lipinski definition) is 4. The zero-order chi connectivity index (χ0) is 17.7. The SMILES string of the molecule is CCC1CCC(NC(=O)Cc2cccc([N+](=O)[O-])c2)(C(=O)O)CC1. The monoisotopic (exact) mass is 334 g/mol. The molecular formula is C17H22N2O5. The second-order valence-corrected chi connectivity index (χ2v) is 6.39. The quantitative estimate of drug-likeness (QED) is 0.614. The lowest BCUT2D eigenvalue weighted by Gasteiger charge is -2.37. The summed E-state index contributed by atoms with van der Waals surface area (Å²) in [6.45, 7) is 2.08. The van der Waals surface area contributed by atoms with Crippen molar-refractivity contribution >= 4 is 17.6 Å². The van der Waals surface area contributed by atoms with Gasteiger partial charge in [-0.2, -0.15) is 0 Å². The Bertz CT molecular complexity index is 636. The van der Waals surface area contributed by atoms with Gasteiger partial charge in [0.1, 0.15) is 5.54 Å². The molecule has 0 heterocycles. The van der Waals surface area contributed by atoms with Gasteiger partial charge in [0.15, 0.2) is 0 Å². The summed E-state index contributed by atoms with van der Waals surface area (Å²) in [5, 5.41) is 23.0.